The molecule has 4 heterocycles. The number of para-hydroxylation sites is 4. The smallest absolute Gasteiger partial charge is 0.266 e. The lowest BCUT2D eigenvalue weighted by Crippen LogP contribution is -2.42. The summed E-state index contributed by atoms with van der Waals surface area (Å²) < 4.78 is 1.81. The third kappa shape index (κ3) is 4.58. The van der Waals surface area contributed by atoms with Crippen LogP contribution >= 0.6 is 0 Å². The van der Waals surface area contributed by atoms with Gasteiger partial charge in [0.05, 0.1) is 44.3 Å². The second kappa shape index (κ2) is 12.5. The van der Waals surface area contributed by atoms with Crippen LogP contribution in [0.25, 0.3) is 77.4 Å². The molecule has 9 aromatic rings. The molecule has 0 atom stereocenters. The van der Waals surface area contributed by atoms with Gasteiger partial charge in [0, 0.05) is 48.7 Å². The first kappa shape index (κ1) is 35.9. The van der Waals surface area contributed by atoms with E-state index in [1.165, 1.54) is 4.90 Å². The summed E-state index contributed by atoms with van der Waals surface area (Å²) in [4.78, 5) is 56.3. The van der Waals surface area contributed by atoms with Gasteiger partial charge >= 0.3 is 0 Å². The molecule has 1 aliphatic rings. The molecule has 0 aliphatic carbocycles. The Bertz CT molecular complexity index is 3180. The lowest BCUT2D eigenvalue weighted by Gasteiger charge is -2.33. The second-order valence-corrected chi connectivity index (χ2v) is 17.3. The number of nitrogens with zero attached hydrogens (tertiary/aromatic N) is 2. The minimum Gasteiger partial charge on any atom is -0.354 e. The predicted molar refractivity (Wildman–Crippen MR) is 240 cm³/mol. The normalized spacial score (nSPS) is 13.6. The molecule has 2 amide bonds. The summed E-state index contributed by atoms with van der Waals surface area (Å²) in [5.41, 5.74) is 8.95. The van der Waals surface area contributed by atoms with E-state index in [9.17, 15) is 0 Å². The van der Waals surface area contributed by atoms with Crippen molar-refractivity contribution in [3.05, 3.63) is 134 Å². The van der Waals surface area contributed by atoms with E-state index in [0.717, 1.165) is 55.1 Å². The van der Waals surface area contributed by atoms with Gasteiger partial charge < -0.3 is 9.97 Å². The number of benzene rings is 6. The topological polar surface area (TPSA) is 91.0 Å². The average molecular weight is 763 g/mol. The maximum atomic E-state index is 15.8. The molecule has 0 bridgehead atoms. The second-order valence-electron chi connectivity index (χ2n) is 17.3. The van der Waals surface area contributed by atoms with E-state index in [1.807, 2.05) is 71.3 Å². The van der Waals surface area contributed by atoms with Crippen molar-refractivity contribution in [2.75, 3.05) is 4.90 Å². The first-order chi connectivity index (χ1) is 27.8. The van der Waals surface area contributed by atoms with Gasteiger partial charge in [-0.1, -0.05) is 135 Å². The van der Waals surface area contributed by atoms with Crippen molar-refractivity contribution in [1.29, 1.82) is 0 Å². The molecule has 7 heteroatoms. The zero-order valence-corrected chi connectivity index (χ0v) is 34.2. The van der Waals surface area contributed by atoms with Crippen LogP contribution in [0.3, 0.4) is 0 Å². The molecule has 288 valence electrons. The molecule has 0 saturated heterocycles. The summed E-state index contributed by atoms with van der Waals surface area (Å²) in [7, 11) is 0. The summed E-state index contributed by atoms with van der Waals surface area (Å²) in [6.45, 7) is 21.7. The number of nitrogens with one attached hydrogen (secondary N) is 2. The van der Waals surface area contributed by atoms with Gasteiger partial charge in [-0.3, -0.25) is 19.0 Å². The van der Waals surface area contributed by atoms with Crippen LogP contribution < -0.4 is 15.8 Å². The van der Waals surface area contributed by atoms with E-state index in [1.54, 1.807) is 0 Å². The molecule has 0 radical (unpaired) electrons. The van der Waals surface area contributed by atoms with Crippen molar-refractivity contribution in [3.63, 3.8) is 0 Å². The first-order valence-electron chi connectivity index (χ1n) is 20.5. The number of H-pyrrole nitrogens is 2. The van der Waals surface area contributed by atoms with Crippen LogP contribution in [0.1, 0.15) is 122 Å². The summed E-state index contributed by atoms with van der Waals surface area (Å²) in [6.07, 6.45) is 0. The van der Waals surface area contributed by atoms with E-state index in [-0.39, 0.29) is 29.2 Å². The van der Waals surface area contributed by atoms with Gasteiger partial charge in [0.25, 0.3) is 17.4 Å². The number of anilines is 1. The largest absolute Gasteiger partial charge is 0.354 e. The van der Waals surface area contributed by atoms with Crippen LogP contribution in [-0.2, 0) is 0 Å². The number of imide groups is 1. The molecule has 0 fully saturated rings. The molecule has 0 saturated carbocycles. The molecular weight excluding hydrogens is 717 g/mol. The Kier molecular flexibility index (Phi) is 7.75. The molecule has 58 heavy (non-hydrogen) atoms. The third-order valence-electron chi connectivity index (χ3n) is 12.6. The maximum Gasteiger partial charge on any atom is 0.266 e. The van der Waals surface area contributed by atoms with Crippen molar-refractivity contribution in [2.24, 2.45) is 0 Å². The summed E-state index contributed by atoms with van der Waals surface area (Å²) in [5, 5.41) is 5.78. The molecule has 7 nitrogen and oxygen atoms in total. The van der Waals surface area contributed by atoms with Crippen molar-refractivity contribution in [3.8, 4) is 5.69 Å². The molecule has 2 N–H and O–H groups in total. The van der Waals surface area contributed by atoms with E-state index in [4.69, 9.17) is 6.58 Å². The Labute approximate surface area is 335 Å². The van der Waals surface area contributed by atoms with E-state index < -0.39 is 11.8 Å². The summed E-state index contributed by atoms with van der Waals surface area (Å²) >= 11 is 0. The van der Waals surface area contributed by atoms with Gasteiger partial charge in [0.15, 0.2) is 0 Å². The number of carbonyl (C=O) groups excluding carboxylic acids is 2. The standard InChI is InChI=1S/C51H46N4O3/c1-24(2)29-18-14-19-30(25(3)4)47(29)54-28(9)37-40-41-42(38-33-16-10-12-22-35(33)52-45(37)38)49(56)55(48-31(26(5)6)20-15-21-32(48)27(7)8)50(57)43(41)39-34-17-11-13-23-36(34)53-46(39)44(40)51(54)58/h10-27,52-53H,9H2,1-8H3. The van der Waals surface area contributed by atoms with Gasteiger partial charge in [0.2, 0.25) is 0 Å². The number of carbonyl (C=O) groups is 2. The number of hydrogen-bond donors (Lipinski definition) is 2. The predicted octanol–water partition coefficient (Wildman–Crippen LogP) is 11.8. The minimum atomic E-state index is -0.397. The lowest BCUT2D eigenvalue weighted by atomic mass is 9.83. The molecular formula is C51H46N4O3. The van der Waals surface area contributed by atoms with Crippen molar-refractivity contribution in [1.82, 2.24) is 14.5 Å². The fourth-order valence-electron chi connectivity index (χ4n) is 10.00. The van der Waals surface area contributed by atoms with Gasteiger partial charge in [0.1, 0.15) is 0 Å². The number of pyridine rings is 1. The zero-order valence-electron chi connectivity index (χ0n) is 34.2. The van der Waals surface area contributed by atoms with Crippen LogP contribution in [0.2, 0.25) is 0 Å². The van der Waals surface area contributed by atoms with Crippen LogP contribution in [0.5, 0.6) is 0 Å². The number of aromatic amines is 2. The lowest BCUT2D eigenvalue weighted by molar-refractivity contribution is 0.0895. The Morgan fingerprint density at radius 2 is 0.879 bits per heavy atom. The number of rotatable bonds is 6. The monoisotopic (exact) mass is 762 g/mol. The number of hydrogen-bond acceptors (Lipinski definition) is 3. The number of aromatic nitrogens is 3. The van der Waals surface area contributed by atoms with E-state index in [0.29, 0.717) is 60.1 Å². The van der Waals surface area contributed by atoms with Crippen molar-refractivity contribution < 1.29 is 9.59 Å². The SMILES string of the molecule is C=c1c2c3[nH]c4ccccc4c3c3c4c(c5c6ccccc6[nH]c5c(c(=O)n1-c1c(C(C)C)cccc1C(C)C)c42)C(=O)N(c1c(C(C)C)cccc1C(C)C)C3=O. The van der Waals surface area contributed by atoms with Crippen molar-refractivity contribution >= 4 is 89.2 Å². The zero-order chi connectivity index (χ0) is 40.6. The molecule has 1 aliphatic heterocycles. The average Bonchev–Trinajstić information content (AvgIpc) is 3.77. The fraction of sp³-hybridized carbons (Fsp3) is 0.235. The van der Waals surface area contributed by atoms with Crippen molar-refractivity contribution in [2.45, 2.75) is 79.1 Å². The van der Waals surface area contributed by atoms with Gasteiger partial charge in [-0.05, 0) is 58.1 Å². The first-order valence-corrected chi connectivity index (χ1v) is 20.5. The molecule has 3 aromatic heterocycles. The maximum absolute atomic E-state index is 15.8. The quantitative estimate of drug-likeness (QED) is 0.165. The van der Waals surface area contributed by atoms with Crippen LogP contribution in [0, 0.1) is 0 Å². The molecule has 10 rings (SSSR count). The van der Waals surface area contributed by atoms with E-state index >= 15 is 14.4 Å². The number of amides is 2. The van der Waals surface area contributed by atoms with Gasteiger partial charge in [-0.25, -0.2) is 4.90 Å². The molecule has 6 aromatic carbocycles. The van der Waals surface area contributed by atoms with Gasteiger partial charge in [-0.2, -0.15) is 0 Å². The highest BCUT2D eigenvalue weighted by Gasteiger charge is 2.42. The van der Waals surface area contributed by atoms with Crippen LogP contribution in [-0.4, -0.2) is 26.3 Å². The highest BCUT2D eigenvalue weighted by molar-refractivity contribution is 6.49. The molecule has 0 unspecified atom stereocenters. The Balaban J connectivity index is 1.52. The third-order valence-corrected chi connectivity index (χ3v) is 12.6. The Hall–Kier alpha value is -6.47. The minimum absolute atomic E-state index is 0.0312. The highest BCUT2D eigenvalue weighted by atomic mass is 16.2. The summed E-state index contributed by atoms with van der Waals surface area (Å²) in [5.74, 6) is -0.512. The van der Waals surface area contributed by atoms with Gasteiger partial charge in [-0.15, -0.1) is 0 Å². The number of fused-ring (bicyclic) bond motifs is 10. The Morgan fingerprint density at radius 1 is 0.466 bits per heavy atom. The highest BCUT2D eigenvalue weighted by Crippen LogP contribution is 2.49. The van der Waals surface area contributed by atoms with Crippen LogP contribution in [0.4, 0.5) is 5.69 Å². The Morgan fingerprint density at radius 3 is 1.33 bits per heavy atom. The fourth-order valence-corrected chi connectivity index (χ4v) is 10.00. The van der Waals surface area contributed by atoms with Crippen LogP contribution in [0.15, 0.2) is 89.7 Å². The molecule has 0 spiro atoms. The summed E-state index contributed by atoms with van der Waals surface area (Å²) in [6, 6.07) is 28.2. The van der Waals surface area contributed by atoms with E-state index in [2.05, 4.69) is 83.6 Å².